The van der Waals surface area contributed by atoms with Crippen molar-refractivity contribution in [2.75, 3.05) is 32.8 Å². The fourth-order valence-corrected chi connectivity index (χ4v) is 2.60. The normalized spacial score (nSPS) is 25.8. The van der Waals surface area contributed by atoms with Gasteiger partial charge in [0.1, 0.15) is 0 Å². The second-order valence-corrected chi connectivity index (χ2v) is 4.72. The van der Waals surface area contributed by atoms with Crippen molar-refractivity contribution < 1.29 is 9.53 Å². The summed E-state index contributed by atoms with van der Waals surface area (Å²) in [6, 6.07) is 0.521. The molecule has 17 heavy (non-hydrogen) atoms. The maximum Gasteiger partial charge on any atom is 0.306 e. The Morgan fingerprint density at radius 2 is 2.12 bits per heavy atom. The molecule has 0 bridgehead atoms. The number of carbonyl (C=O) groups is 1. The van der Waals surface area contributed by atoms with E-state index in [4.69, 9.17) is 4.74 Å². The molecule has 100 valence electrons. The van der Waals surface area contributed by atoms with Gasteiger partial charge in [0.25, 0.3) is 0 Å². The van der Waals surface area contributed by atoms with E-state index >= 15 is 0 Å². The quantitative estimate of drug-likeness (QED) is 0.712. The Labute approximate surface area is 105 Å². The molecule has 1 aliphatic heterocycles. The number of nitrogens with one attached hydrogen (secondary N) is 1. The summed E-state index contributed by atoms with van der Waals surface area (Å²) in [7, 11) is 0. The predicted octanol–water partition coefficient (Wildman–Crippen LogP) is 1.26. The Bertz CT molecular complexity index is 233. The van der Waals surface area contributed by atoms with Gasteiger partial charge in [0.15, 0.2) is 0 Å². The maximum atomic E-state index is 11.5. The molecule has 1 aliphatic rings. The monoisotopic (exact) mass is 242 g/mol. The van der Waals surface area contributed by atoms with Gasteiger partial charge in [-0.2, -0.15) is 0 Å². The topological polar surface area (TPSA) is 41.6 Å². The lowest BCUT2D eigenvalue weighted by molar-refractivity contribution is -0.144. The van der Waals surface area contributed by atoms with Crippen molar-refractivity contribution in [1.82, 2.24) is 10.2 Å². The first-order valence-electron chi connectivity index (χ1n) is 6.80. The van der Waals surface area contributed by atoms with E-state index in [0.717, 1.165) is 32.6 Å². The number of hydrogen-bond donors (Lipinski definition) is 1. The Kier molecular flexibility index (Phi) is 6.52. The van der Waals surface area contributed by atoms with E-state index in [2.05, 4.69) is 24.1 Å². The third-order valence-electron chi connectivity index (χ3n) is 3.31. The summed E-state index contributed by atoms with van der Waals surface area (Å²) in [6.45, 7) is 10.8. The van der Waals surface area contributed by atoms with Crippen molar-refractivity contribution in [1.29, 1.82) is 0 Å². The van der Waals surface area contributed by atoms with Gasteiger partial charge in [0, 0.05) is 25.6 Å². The Morgan fingerprint density at radius 3 is 2.71 bits per heavy atom. The molecule has 2 unspecified atom stereocenters. The summed E-state index contributed by atoms with van der Waals surface area (Å²) in [5.74, 6) is 0.387. The van der Waals surface area contributed by atoms with Crippen molar-refractivity contribution in [3.05, 3.63) is 0 Å². The molecule has 4 nitrogen and oxygen atoms in total. The first-order valence-corrected chi connectivity index (χ1v) is 6.80. The molecular weight excluding hydrogens is 216 g/mol. The fourth-order valence-electron chi connectivity index (χ4n) is 2.60. The number of rotatable bonds is 6. The number of nitrogens with zero attached hydrogens (tertiary/aromatic N) is 1. The largest absolute Gasteiger partial charge is 0.466 e. The lowest BCUT2D eigenvalue weighted by Crippen LogP contribution is -2.49. The number of piperidine rings is 1. The molecule has 0 spiro atoms. The number of esters is 1. The first kappa shape index (κ1) is 14.5. The van der Waals surface area contributed by atoms with E-state index in [1.807, 2.05) is 6.92 Å². The molecule has 2 atom stereocenters. The highest BCUT2D eigenvalue weighted by atomic mass is 16.5. The summed E-state index contributed by atoms with van der Waals surface area (Å²) >= 11 is 0. The summed E-state index contributed by atoms with van der Waals surface area (Å²) in [5.41, 5.74) is 0. The van der Waals surface area contributed by atoms with Crippen LogP contribution in [0.4, 0.5) is 0 Å². The van der Waals surface area contributed by atoms with Crippen molar-refractivity contribution in [2.24, 2.45) is 5.92 Å². The number of likely N-dealkylation sites (tertiary alicyclic amines) is 1. The SMILES string of the molecule is CCNC1CC(CC(=O)OCC)CN(CC)C1. The van der Waals surface area contributed by atoms with Gasteiger partial charge in [-0.05, 0) is 32.4 Å². The van der Waals surface area contributed by atoms with Gasteiger partial charge < -0.3 is 15.0 Å². The zero-order valence-corrected chi connectivity index (χ0v) is 11.4. The Morgan fingerprint density at radius 1 is 1.35 bits per heavy atom. The van der Waals surface area contributed by atoms with Gasteiger partial charge in [-0.3, -0.25) is 4.79 Å². The zero-order chi connectivity index (χ0) is 12.7. The minimum Gasteiger partial charge on any atom is -0.466 e. The molecule has 0 amide bonds. The minimum absolute atomic E-state index is 0.0503. The first-order chi connectivity index (χ1) is 8.19. The van der Waals surface area contributed by atoms with Crippen molar-refractivity contribution in [3.63, 3.8) is 0 Å². The smallest absolute Gasteiger partial charge is 0.306 e. The van der Waals surface area contributed by atoms with Crippen LogP contribution in [-0.4, -0.2) is 49.7 Å². The predicted molar refractivity (Wildman–Crippen MR) is 68.9 cm³/mol. The Hall–Kier alpha value is -0.610. The van der Waals surface area contributed by atoms with E-state index in [-0.39, 0.29) is 5.97 Å². The molecule has 0 aromatic carbocycles. The second kappa shape index (κ2) is 7.67. The number of ether oxygens (including phenoxy) is 1. The van der Waals surface area contributed by atoms with Crippen LogP contribution in [-0.2, 0) is 9.53 Å². The average Bonchev–Trinajstić information content (AvgIpc) is 2.29. The van der Waals surface area contributed by atoms with Crippen molar-refractivity contribution >= 4 is 5.97 Å². The molecule has 0 aliphatic carbocycles. The number of likely N-dealkylation sites (N-methyl/N-ethyl adjacent to an activating group) is 2. The van der Waals surface area contributed by atoms with Crippen molar-refractivity contribution in [2.45, 2.75) is 39.7 Å². The van der Waals surface area contributed by atoms with Gasteiger partial charge >= 0.3 is 5.97 Å². The molecule has 1 fully saturated rings. The highest BCUT2D eigenvalue weighted by Gasteiger charge is 2.27. The highest BCUT2D eigenvalue weighted by Crippen LogP contribution is 2.20. The highest BCUT2D eigenvalue weighted by molar-refractivity contribution is 5.69. The number of carbonyl (C=O) groups excluding carboxylic acids is 1. The summed E-state index contributed by atoms with van der Waals surface area (Å²) < 4.78 is 5.03. The molecular formula is C13H26N2O2. The molecule has 1 saturated heterocycles. The third kappa shape index (κ3) is 5.04. The fraction of sp³-hybridized carbons (Fsp3) is 0.923. The molecule has 0 radical (unpaired) electrons. The lowest BCUT2D eigenvalue weighted by Gasteiger charge is -2.37. The molecule has 1 rings (SSSR count). The molecule has 4 heteroatoms. The van der Waals surface area contributed by atoms with Gasteiger partial charge in [0.05, 0.1) is 6.61 Å². The summed E-state index contributed by atoms with van der Waals surface area (Å²) in [5, 5.41) is 3.49. The molecule has 1 heterocycles. The minimum atomic E-state index is -0.0503. The molecule has 0 aromatic rings. The van der Waals surface area contributed by atoms with Gasteiger partial charge in [-0.15, -0.1) is 0 Å². The van der Waals surface area contributed by atoms with E-state index in [1.54, 1.807) is 0 Å². The van der Waals surface area contributed by atoms with Crippen LogP contribution in [0, 0.1) is 5.92 Å². The van der Waals surface area contributed by atoms with Crippen LogP contribution in [0.3, 0.4) is 0 Å². The van der Waals surface area contributed by atoms with Crippen LogP contribution >= 0.6 is 0 Å². The lowest BCUT2D eigenvalue weighted by atomic mass is 9.91. The molecule has 0 aromatic heterocycles. The molecule has 1 N–H and O–H groups in total. The van der Waals surface area contributed by atoms with Crippen LogP contribution in [0.25, 0.3) is 0 Å². The standard InChI is InChI=1S/C13H26N2O2/c1-4-14-12-7-11(8-13(16)17-6-3)9-15(5-2)10-12/h11-12,14H,4-10H2,1-3H3. The van der Waals surface area contributed by atoms with Crippen LogP contribution in [0.1, 0.15) is 33.6 Å². The van der Waals surface area contributed by atoms with E-state index < -0.39 is 0 Å². The van der Waals surface area contributed by atoms with E-state index in [1.165, 1.54) is 0 Å². The average molecular weight is 242 g/mol. The van der Waals surface area contributed by atoms with Crippen LogP contribution < -0.4 is 5.32 Å². The zero-order valence-electron chi connectivity index (χ0n) is 11.4. The van der Waals surface area contributed by atoms with Gasteiger partial charge in [-0.25, -0.2) is 0 Å². The second-order valence-electron chi connectivity index (χ2n) is 4.72. The van der Waals surface area contributed by atoms with Crippen LogP contribution in [0.2, 0.25) is 0 Å². The summed E-state index contributed by atoms with van der Waals surface area (Å²) in [4.78, 5) is 13.9. The maximum absolute atomic E-state index is 11.5. The third-order valence-corrected chi connectivity index (χ3v) is 3.31. The van der Waals surface area contributed by atoms with Crippen LogP contribution in [0.15, 0.2) is 0 Å². The molecule has 0 saturated carbocycles. The van der Waals surface area contributed by atoms with Crippen LogP contribution in [0.5, 0.6) is 0 Å². The Balaban J connectivity index is 2.44. The summed E-state index contributed by atoms with van der Waals surface area (Å²) in [6.07, 6.45) is 1.65. The van der Waals surface area contributed by atoms with Gasteiger partial charge in [0.2, 0.25) is 0 Å². The van der Waals surface area contributed by atoms with Crippen molar-refractivity contribution in [3.8, 4) is 0 Å². The van der Waals surface area contributed by atoms with Gasteiger partial charge in [-0.1, -0.05) is 13.8 Å². The van der Waals surface area contributed by atoms with E-state index in [0.29, 0.717) is 25.0 Å². The number of hydrogen-bond acceptors (Lipinski definition) is 4. The van der Waals surface area contributed by atoms with E-state index in [9.17, 15) is 4.79 Å².